The Kier molecular flexibility index (Phi) is 25.0. The van der Waals surface area contributed by atoms with E-state index >= 15 is 0 Å². The Hall–Kier alpha value is -0.723. The molecule has 0 radical (unpaired) electrons. The maximum absolute atomic E-state index is 10.9. The molecule has 1 N–H and O–H groups in total. The molecule has 6 heteroatoms. The molecule has 4 atom stereocenters. The molecule has 0 saturated carbocycles. The normalized spacial score (nSPS) is 18.3. The van der Waals surface area contributed by atoms with Crippen LogP contribution >= 0.6 is 0 Å². The molecule has 1 aliphatic heterocycles. The van der Waals surface area contributed by atoms with Gasteiger partial charge in [0.1, 0.15) is 12.4 Å². The molecule has 43 heavy (non-hydrogen) atoms. The van der Waals surface area contributed by atoms with Crippen LogP contribution in [0.2, 0.25) is 18.1 Å². The first kappa shape index (κ1) is 42.3. The Morgan fingerprint density at radius 1 is 0.791 bits per heavy atom. The van der Waals surface area contributed by atoms with E-state index in [1.807, 2.05) is 6.92 Å². The van der Waals surface area contributed by atoms with Crippen LogP contribution in [0.25, 0.3) is 0 Å². The van der Waals surface area contributed by atoms with Gasteiger partial charge in [-0.15, -0.1) is 0 Å². The van der Waals surface area contributed by atoms with Crippen molar-refractivity contribution in [3.05, 3.63) is 0 Å². The third-order valence-electron chi connectivity index (χ3n) is 9.60. The summed E-state index contributed by atoms with van der Waals surface area (Å²) in [5, 5.41) is 10.1. The molecule has 0 spiro atoms. The standard InChI is InChI=1S/C20H42O2Si.C17H32O3/c1-7-8-9-10-11-12-13-14-15-16-19(17-18-21)22-23(5,6)20(2,3)4;1-3-4-5-6-7-8-9-10-11-12-15(18)13-16-14(2)17(19)20-16/h18-19H,7-17H2,1-6H3;14-16,18H,3-13H2,1-2H3/t19-;14-,15+,16-/m00/s1. The van der Waals surface area contributed by atoms with Crippen LogP contribution in [0.4, 0.5) is 0 Å². The molecule has 1 fully saturated rings. The quantitative estimate of drug-likeness (QED) is 0.0447. The average Bonchev–Trinajstić information content (AvgIpc) is 2.94. The first-order chi connectivity index (χ1) is 20.4. The lowest BCUT2D eigenvalue weighted by Gasteiger charge is -2.39. The first-order valence-corrected chi connectivity index (χ1v) is 21.3. The molecule has 0 aromatic heterocycles. The molecule has 0 aliphatic carbocycles. The van der Waals surface area contributed by atoms with Crippen LogP contribution in [0.5, 0.6) is 0 Å². The second-order valence-corrected chi connectivity index (χ2v) is 19.5. The van der Waals surface area contributed by atoms with Gasteiger partial charge >= 0.3 is 5.97 Å². The predicted molar refractivity (Wildman–Crippen MR) is 186 cm³/mol. The molecule has 0 unspecified atom stereocenters. The van der Waals surface area contributed by atoms with E-state index in [9.17, 15) is 14.7 Å². The monoisotopic (exact) mass is 627 g/mol. The molecule has 0 amide bonds. The van der Waals surface area contributed by atoms with Gasteiger partial charge in [0.25, 0.3) is 0 Å². The van der Waals surface area contributed by atoms with Crippen molar-refractivity contribution in [3.8, 4) is 0 Å². The number of hydrogen-bond acceptors (Lipinski definition) is 5. The van der Waals surface area contributed by atoms with Crippen molar-refractivity contribution in [2.45, 2.75) is 219 Å². The van der Waals surface area contributed by atoms with E-state index in [0.717, 1.165) is 25.5 Å². The Bertz CT molecular complexity index is 674. The van der Waals surface area contributed by atoms with Crippen LogP contribution < -0.4 is 0 Å². The Morgan fingerprint density at radius 3 is 1.58 bits per heavy atom. The second-order valence-electron chi connectivity index (χ2n) is 14.8. The lowest BCUT2D eigenvalue weighted by molar-refractivity contribution is -0.185. The molecule has 0 aromatic carbocycles. The van der Waals surface area contributed by atoms with E-state index < -0.39 is 8.32 Å². The Labute approximate surface area is 269 Å². The van der Waals surface area contributed by atoms with Gasteiger partial charge in [0.2, 0.25) is 0 Å². The minimum Gasteiger partial charge on any atom is -0.461 e. The topological polar surface area (TPSA) is 72.8 Å². The van der Waals surface area contributed by atoms with Crippen molar-refractivity contribution >= 4 is 20.6 Å². The highest BCUT2D eigenvalue weighted by molar-refractivity contribution is 6.74. The van der Waals surface area contributed by atoms with Crippen molar-refractivity contribution in [2.24, 2.45) is 5.92 Å². The zero-order valence-electron chi connectivity index (χ0n) is 30.0. The van der Waals surface area contributed by atoms with Crippen LogP contribution in [0.15, 0.2) is 0 Å². The fraction of sp³-hybridized carbons (Fsp3) is 0.946. The molecule has 256 valence electrons. The molecule has 1 rings (SSSR count). The Morgan fingerprint density at radius 2 is 1.21 bits per heavy atom. The molecule has 1 heterocycles. The minimum atomic E-state index is -1.76. The van der Waals surface area contributed by atoms with Crippen molar-refractivity contribution in [1.29, 1.82) is 0 Å². The molecular weight excluding hydrogens is 552 g/mol. The zero-order chi connectivity index (χ0) is 32.6. The van der Waals surface area contributed by atoms with Crippen molar-refractivity contribution in [3.63, 3.8) is 0 Å². The predicted octanol–water partition coefficient (Wildman–Crippen LogP) is 11.1. The van der Waals surface area contributed by atoms with Gasteiger partial charge < -0.3 is 19.1 Å². The number of aliphatic hydroxyl groups excluding tert-OH is 1. The maximum atomic E-state index is 10.9. The van der Waals surface area contributed by atoms with Crippen molar-refractivity contribution in [1.82, 2.24) is 0 Å². The number of rotatable bonds is 26. The van der Waals surface area contributed by atoms with E-state index in [2.05, 4.69) is 47.7 Å². The summed E-state index contributed by atoms with van der Waals surface area (Å²) < 4.78 is 11.4. The first-order valence-electron chi connectivity index (χ1n) is 18.4. The average molecular weight is 627 g/mol. The summed E-state index contributed by atoms with van der Waals surface area (Å²) in [5.41, 5.74) is 0. The number of unbranched alkanes of at least 4 members (excludes halogenated alkanes) is 16. The number of carbonyl (C=O) groups excluding carboxylic acids is 2. The van der Waals surface area contributed by atoms with Gasteiger partial charge in [0.15, 0.2) is 8.32 Å². The van der Waals surface area contributed by atoms with Gasteiger partial charge in [-0.3, -0.25) is 4.79 Å². The number of aliphatic hydroxyl groups is 1. The van der Waals surface area contributed by atoms with E-state index in [-0.39, 0.29) is 35.2 Å². The minimum absolute atomic E-state index is 0.0206. The fourth-order valence-corrected chi connectivity index (χ4v) is 6.78. The van der Waals surface area contributed by atoms with Crippen molar-refractivity contribution < 1.29 is 23.9 Å². The summed E-state index contributed by atoms with van der Waals surface area (Å²) >= 11 is 0. The second kappa shape index (κ2) is 25.5. The number of hydrogen-bond donors (Lipinski definition) is 1. The number of ether oxygens (including phenoxy) is 1. The largest absolute Gasteiger partial charge is 0.461 e. The van der Waals surface area contributed by atoms with Gasteiger partial charge in [-0.25, -0.2) is 0 Å². The number of cyclic esters (lactones) is 1. The van der Waals surface area contributed by atoms with E-state index in [0.29, 0.717) is 12.8 Å². The van der Waals surface area contributed by atoms with Crippen LogP contribution in [-0.4, -0.2) is 44.0 Å². The summed E-state index contributed by atoms with van der Waals surface area (Å²) in [6.07, 6.45) is 27.7. The van der Waals surface area contributed by atoms with Gasteiger partial charge in [-0.05, 0) is 37.9 Å². The lowest BCUT2D eigenvalue weighted by atomic mass is 9.92. The zero-order valence-corrected chi connectivity index (χ0v) is 31.0. The van der Waals surface area contributed by atoms with Gasteiger partial charge in [-0.1, -0.05) is 150 Å². The highest BCUT2D eigenvalue weighted by atomic mass is 28.4. The van der Waals surface area contributed by atoms with Crippen LogP contribution in [0, 0.1) is 5.92 Å². The molecule has 0 aromatic rings. The molecular formula is C37H74O5Si. The molecule has 1 aliphatic rings. The van der Waals surface area contributed by atoms with Crippen LogP contribution in [0.3, 0.4) is 0 Å². The highest BCUT2D eigenvalue weighted by Gasteiger charge is 2.40. The van der Waals surface area contributed by atoms with Crippen molar-refractivity contribution in [2.75, 3.05) is 0 Å². The maximum Gasteiger partial charge on any atom is 0.312 e. The third-order valence-corrected chi connectivity index (χ3v) is 14.1. The van der Waals surface area contributed by atoms with E-state index in [4.69, 9.17) is 9.16 Å². The fourth-order valence-electron chi connectivity index (χ4n) is 5.38. The molecule has 0 bridgehead atoms. The number of aldehydes is 1. The molecule has 5 nitrogen and oxygen atoms in total. The molecule has 1 saturated heterocycles. The highest BCUT2D eigenvalue weighted by Crippen LogP contribution is 2.38. The van der Waals surface area contributed by atoms with Gasteiger partial charge in [0.05, 0.1) is 18.1 Å². The number of esters is 1. The summed E-state index contributed by atoms with van der Waals surface area (Å²) in [7, 11) is -1.76. The summed E-state index contributed by atoms with van der Waals surface area (Å²) in [6, 6.07) is 0. The lowest BCUT2D eigenvalue weighted by Crippen LogP contribution is -2.44. The van der Waals surface area contributed by atoms with E-state index in [1.165, 1.54) is 109 Å². The summed E-state index contributed by atoms with van der Waals surface area (Å²) in [5.74, 6) is -0.141. The third kappa shape index (κ3) is 21.6. The SMILES string of the molecule is CCCCCCCCCCC[C@@H](CC=O)O[Si](C)(C)C(C)(C)C.CCCCCCCCCCC[C@@H](O)C[C@@H]1OC(=O)[C@H]1C. The Balaban J connectivity index is 0.000000827. The smallest absolute Gasteiger partial charge is 0.312 e. The van der Waals surface area contributed by atoms with Gasteiger partial charge in [0, 0.05) is 12.8 Å². The summed E-state index contributed by atoms with van der Waals surface area (Å²) in [4.78, 5) is 21.9. The van der Waals surface area contributed by atoms with E-state index in [1.54, 1.807) is 0 Å². The van der Waals surface area contributed by atoms with Gasteiger partial charge in [-0.2, -0.15) is 0 Å². The number of carbonyl (C=O) groups is 2. The van der Waals surface area contributed by atoms with Crippen LogP contribution in [0.1, 0.15) is 183 Å². The summed E-state index contributed by atoms with van der Waals surface area (Å²) in [6.45, 7) is 17.7. The van der Waals surface area contributed by atoms with Crippen LogP contribution in [-0.2, 0) is 18.8 Å².